The number of benzene rings is 4. The van der Waals surface area contributed by atoms with E-state index in [2.05, 4.69) is 71.4 Å². The Balaban J connectivity index is 1.91. The van der Waals surface area contributed by atoms with Crippen LogP contribution >= 0.6 is 11.3 Å². The number of hydrogen-bond donors (Lipinski definition) is 1. The fraction of sp³-hybridized carbons (Fsp3) is 0.0476. The molecular weight excluding hydrogens is 298 g/mol. The molecule has 0 aliphatic rings. The lowest BCUT2D eigenvalue weighted by molar-refractivity contribution is 0.887. The van der Waals surface area contributed by atoms with Crippen molar-refractivity contribution in [3.05, 3.63) is 82.6 Å². The van der Waals surface area contributed by atoms with Crippen LogP contribution in [0.2, 0.25) is 0 Å². The maximum Gasteiger partial charge on any atom is 0.0566 e. The van der Waals surface area contributed by atoms with Gasteiger partial charge in [-0.2, -0.15) is 11.3 Å². The van der Waals surface area contributed by atoms with Crippen molar-refractivity contribution in [1.82, 2.24) is 0 Å². The topological polar surface area (TPSA) is 26.0 Å². The Morgan fingerprint density at radius 3 is 2.17 bits per heavy atom. The summed E-state index contributed by atoms with van der Waals surface area (Å²) in [4.78, 5) is 0. The van der Waals surface area contributed by atoms with E-state index in [9.17, 15) is 0 Å². The predicted octanol–water partition coefficient (Wildman–Crippen LogP) is 5.69. The van der Waals surface area contributed by atoms with E-state index in [0.717, 1.165) is 0 Å². The molecule has 0 saturated heterocycles. The third-order valence-electron chi connectivity index (χ3n) is 4.80. The van der Waals surface area contributed by atoms with Gasteiger partial charge < -0.3 is 5.73 Å². The first-order chi connectivity index (χ1) is 11.3. The first-order valence-corrected chi connectivity index (χ1v) is 8.71. The van der Waals surface area contributed by atoms with Gasteiger partial charge in [-0.05, 0) is 60.3 Å². The summed E-state index contributed by atoms with van der Waals surface area (Å²) in [5, 5.41) is 12.1. The molecule has 0 unspecified atom stereocenters. The van der Waals surface area contributed by atoms with Crippen molar-refractivity contribution >= 4 is 43.7 Å². The highest BCUT2D eigenvalue weighted by Crippen LogP contribution is 2.38. The van der Waals surface area contributed by atoms with Crippen LogP contribution in [0.5, 0.6) is 0 Å². The molecule has 0 radical (unpaired) electrons. The zero-order valence-corrected chi connectivity index (χ0v) is 13.3. The van der Waals surface area contributed by atoms with E-state index < -0.39 is 0 Å². The second kappa shape index (κ2) is 4.79. The molecule has 0 spiro atoms. The second-order valence-corrected chi connectivity index (χ2v) is 6.83. The van der Waals surface area contributed by atoms with Gasteiger partial charge in [0.15, 0.2) is 0 Å². The molecule has 0 aliphatic carbocycles. The highest BCUT2D eigenvalue weighted by molar-refractivity contribution is 7.08. The number of rotatable bonds is 2. The number of thiophene rings is 1. The van der Waals surface area contributed by atoms with Crippen molar-refractivity contribution in [2.75, 3.05) is 0 Å². The van der Waals surface area contributed by atoms with Gasteiger partial charge in [-0.25, -0.2) is 0 Å². The fourth-order valence-electron chi connectivity index (χ4n) is 3.66. The third kappa shape index (κ3) is 1.83. The molecule has 5 aromatic rings. The average molecular weight is 313 g/mol. The zero-order valence-electron chi connectivity index (χ0n) is 12.5. The van der Waals surface area contributed by atoms with Crippen molar-refractivity contribution in [1.29, 1.82) is 0 Å². The Labute approximate surface area is 138 Å². The van der Waals surface area contributed by atoms with Gasteiger partial charge in [0.25, 0.3) is 0 Å². The molecule has 2 N–H and O–H groups in total. The molecule has 5 rings (SSSR count). The lowest BCUT2D eigenvalue weighted by atomic mass is 9.89. The molecule has 0 saturated carbocycles. The Bertz CT molecular complexity index is 1110. The van der Waals surface area contributed by atoms with Crippen LogP contribution in [0.15, 0.2) is 71.4 Å². The monoisotopic (exact) mass is 313 g/mol. The standard InChI is InChI=1S/C21H15NS/c22-21(16-10-11-23-12-16)18-9-7-15-5-4-13-2-1-3-14-6-8-17(18)20(15)19(13)14/h1-12,21H,22H2/t21-/m1/s1. The van der Waals surface area contributed by atoms with Crippen LogP contribution in [0.25, 0.3) is 32.3 Å². The van der Waals surface area contributed by atoms with E-state index in [1.54, 1.807) is 11.3 Å². The lowest BCUT2D eigenvalue weighted by Gasteiger charge is -2.17. The van der Waals surface area contributed by atoms with E-state index in [1.807, 2.05) is 0 Å². The van der Waals surface area contributed by atoms with Crippen LogP contribution in [0.4, 0.5) is 0 Å². The Morgan fingerprint density at radius 1 is 0.739 bits per heavy atom. The Hall–Kier alpha value is -2.42. The van der Waals surface area contributed by atoms with Gasteiger partial charge in [0, 0.05) is 0 Å². The minimum atomic E-state index is -0.0779. The number of nitrogens with two attached hydrogens (primary N) is 1. The van der Waals surface area contributed by atoms with Gasteiger partial charge >= 0.3 is 0 Å². The molecule has 1 aromatic heterocycles. The summed E-state index contributed by atoms with van der Waals surface area (Å²) in [5.41, 5.74) is 8.95. The van der Waals surface area contributed by atoms with Crippen LogP contribution in [-0.4, -0.2) is 0 Å². The number of hydrogen-bond acceptors (Lipinski definition) is 2. The summed E-state index contributed by atoms with van der Waals surface area (Å²) in [6, 6.07) is 21.8. The lowest BCUT2D eigenvalue weighted by Crippen LogP contribution is -2.11. The molecule has 1 nitrogen and oxygen atoms in total. The molecule has 2 heteroatoms. The fourth-order valence-corrected chi connectivity index (χ4v) is 4.36. The highest BCUT2D eigenvalue weighted by Gasteiger charge is 2.16. The average Bonchev–Trinajstić information content (AvgIpc) is 3.13. The largest absolute Gasteiger partial charge is 0.320 e. The second-order valence-electron chi connectivity index (χ2n) is 6.05. The van der Waals surface area contributed by atoms with Crippen LogP contribution in [0.1, 0.15) is 17.2 Å². The molecule has 0 fully saturated rings. The van der Waals surface area contributed by atoms with Crippen molar-refractivity contribution in [2.24, 2.45) is 5.73 Å². The molecule has 4 aromatic carbocycles. The molecule has 110 valence electrons. The van der Waals surface area contributed by atoms with Gasteiger partial charge in [-0.15, -0.1) is 0 Å². The van der Waals surface area contributed by atoms with Crippen LogP contribution < -0.4 is 5.73 Å². The van der Waals surface area contributed by atoms with E-state index in [1.165, 1.54) is 43.4 Å². The van der Waals surface area contributed by atoms with Gasteiger partial charge in [-0.1, -0.05) is 54.6 Å². The van der Waals surface area contributed by atoms with Crippen molar-refractivity contribution < 1.29 is 0 Å². The van der Waals surface area contributed by atoms with E-state index in [4.69, 9.17) is 5.73 Å². The highest BCUT2D eigenvalue weighted by atomic mass is 32.1. The van der Waals surface area contributed by atoms with Crippen LogP contribution in [0, 0.1) is 0 Å². The zero-order chi connectivity index (χ0) is 15.4. The molecule has 23 heavy (non-hydrogen) atoms. The minimum absolute atomic E-state index is 0.0779. The third-order valence-corrected chi connectivity index (χ3v) is 5.50. The van der Waals surface area contributed by atoms with Gasteiger partial charge in [-0.3, -0.25) is 0 Å². The maximum atomic E-state index is 6.57. The van der Waals surface area contributed by atoms with Crippen molar-refractivity contribution in [3.8, 4) is 0 Å². The molecular formula is C21H15NS. The van der Waals surface area contributed by atoms with Gasteiger partial charge in [0.1, 0.15) is 0 Å². The van der Waals surface area contributed by atoms with E-state index in [0.29, 0.717) is 0 Å². The summed E-state index contributed by atoms with van der Waals surface area (Å²) in [6.45, 7) is 0. The summed E-state index contributed by atoms with van der Waals surface area (Å²) < 4.78 is 0. The van der Waals surface area contributed by atoms with Crippen molar-refractivity contribution in [3.63, 3.8) is 0 Å². The SMILES string of the molecule is N[C@H](c1ccsc1)c1ccc2ccc3cccc4ccc1c2c34. The van der Waals surface area contributed by atoms with Gasteiger partial charge in [0.2, 0.25) is 0 Å². The van der Waals surface area contributed by atoms with Crippen LogP contribution in [-0.2, 0) is 0 Å². The minimum Gasteiger partial charge on any atom is -0.320 e. The normalized spacial score (nSPS) is 13.3. The first kappa shape index (κ1) is 13.1. The Morgan fingerprint density at radius 2 is 1.43 bits per heavy atom. The first-order valence-electron chi connectivity index (χ1n) is 7.77. The predicted molar refractivity (Wildman–Crippen MR) is 100 cm³/mol. The quantitative estimate of drug-likeness (QED) is 0.416. The Kier molecular flexibility index (Phi) is 2.72. The maximum absolute atomic E-state index is 6.57. The molecule has 0 bridgehead atoms. The van der Waals surface area contributed by atoms with Crippen molar-refractivity contribution in [2.45, 2.75) is 6.04 Å². The molecule has 0 aliphatic heterocycles. The molecule has 1 atom stereocenters. The molecule has 1 heterocycles. The summed E-state index contributed by atoms with van der Waals surface area (Å²) in [7, 11) is 0. The molecule has 0 amide bonds. The summed E-state index contributed by atoms with van der Waals surface area (Å²) >= 11 is 1.70. The van der Waals surface area contributed by atoms with E-state index in [-0.39, 0.29) is 6.04 Å². The van der Waals surface area contributed by atoms with E-state index >= 15 is 0 Å². The van der Waals surface area contributed by atoms with Crippen LogP contribution in [0.3, 0.4) is 0 Å². The summed E-state index contributed by atoms with van der Waals surface area (Å²) in [5.74, 6) is 0. The van der Waals surface area contributed by atoms with Gasteiger partial charge in [0.05, 0.1) is 6.04 Å². The smallest absolute Gasteiger partial charge is 0.0566 e. The summed E-state index contributed by atoms with van der Waals surface area (Å²) in [6.07, 6.45) is 0.